The highest BCUT2D eigenvalue weighted by molar-refractivity contribution is 7.09. The van der Waals surface area contributed by atoms with Crippen LogP contribution in [-0.2, 0) is 17.6 Å². The molecule has 0 unspecified atom stereocenters. The first-order valence-electron chi connectivity index (χ1n) is 9.43. The van der Waals surface area contributed by atoms with Crippen molar-refractivity contribution in [1.29, 1.82) is 0 Å². The molecule has 1 aromatic carbocycles. The molecule has 1 amide bonds. The number of rotatable bonds is 8. The molecule has 2 aromatic heterocycles. The number of benzene rings is 1. The van der Waals surface area contributed by atoms with Crippen molar-refractivity contribution in [3.63, 3.8) is 0 Å². The molecule has 0 saturated heterocycles. The zero-order valence-electron chi connectivity index (χ0n) is 16.4. The van der Waals surface area contributed by atoms with Crippen molar-refractivity contribution in [2.24, 2.45) is 4.99 Å². The number of amides is 1. The molecule has 0 bridgehead atoms. The number of aromatic amines is 1. The average molecular weight is 398 g/mol. The SMILES string of the molecule is CN(C)C(=O)CN=C(NCCc1cc2ccccc2[nH]1)NCCc1cccs1. The van der Waals surface area contributed by atoms with Crippen molar-refractivity contribution in [3.05, 3.63) is 58.4 Å². The van der Waals surface area contributed by atoms with Gasteiger partial charge in [-0.2, -0.15) is 0 Å². The summed E-state index contributed by atoms with van der Waals surface area (Å²) < 4.78 is 0. The van der Waals surface area contributed by atoms with E-state index < -0.39 is 0 Å². The van der Waals surface area contributed by atoms with Gasteiger partial charge in [0.15, 0.2) is 5.96 Å². The molecular weight excluding hydrogens is 370 g/mol. The Labute approximate surface area is 169 Å². The van der Waals surface area contributed by atoms with E-state index in [9.17, 15) is 4.79 Å². The highest BCUT2D eigenvalue weighted by atomic mass is 32.1. The predicted molar refractivity (Wildman–Crippen MR) is 117 cm³/mol. The van der Waals surface area contributed by atoms with Crippen LogP contribution in [0.15, 0.2) is 52.8 Å². The average Bonchev–Trinajstić information content (AvgIpc) is 3.34. The van der Waals surface area contributed by atoms with E-state index in [4.69, 9.17) is 0 Å². The van der Waals surface area contributed by atoms with E-state index >= 15 is 0 Å². The molecule has 0 aliphatic rings. The summed E-state index contributed by atoms with van der Waals surface area (Å²) in [7, 11) is 3.48. The van der Waals surface area contributed by atoms with Gasteiger partial charge in [0.25, 0.3) is 0 Å². The fraction of sp³-hybridized carbons (Fsp3) is 0.333. The highest BCUT2D eigenvalue weighted by Gasteiger charge is 2.06. The third kappa shape index (κ3) is 5.85. The molecule has 3 aromatic rings. The van der Waals surface area contributed by atoms with E-state index in [0.717, 1.165) is 31.4 Å². The first kappa shape index (κ1) is 19.9. The molecule has 0 atom stereocenters. The summed E-state index contributed by atoms with van der Waals surface area (Å²) in [5.41, 5.74) is 2.33. The Balaban J connectivity index is 1.53. The van der Waals surface area contributed by atoms with E-state index in [2.05, 4.69) is 56.3 Å². The number of likely N-dealkylation sites (N-methyl/N-ethyl adjacent to an activating group) is 1. The molecule has 0 radical (unpaired) electrons. The molecule has 6 nitrogen and oxygen atoms in total. The topological polar surface area (TPSA) is 72.5 Å². The number of nitrogens with one attached hydrogen (secondary N) is 3. The number of guanidine groups is 1. The van der Waals surface area contributed by atoms with Crippen LogP contribution in [0.1, 0.15) is 10.6 Å². The molecule has 0 aliphatic carbocycles. The van der Waals surface area contributed by atoms with Gasteiger partial charge in [-0.1, -0.05) is 24.3 Å². The molecule has 148 valence electrons. The molecule has 0 spiro atoms. The second kappa shape index (κ2) is 9.94. The predicted octanol–water partition coefficient (Wildman–Crippen LogP) is 2.64. The Bertz CT molecular complexity index is 881. The van der Waals surface area contributed by atoms with Crippen LogP contribution in [0.2, 0.25) is 0 Å². The summed E-state index contributed by atoms with van der Waals surface area (Å²) in [6.07, 6.45) is 1.78. The summed E-state index contributed by atoms with van der Waals surface area (Å²) in [5, 5.41) is 9.97. The standard InChI is InChI=1S/C21H27N5OS/c1-26(2)20(27)15-24-21(23-12-10-18-7-5-13-28-18)22-11-9-17-14-16-6-3-4-8-19(16)25-17/h3-8,13-14,25H,9-12,15H2,1-2H3,(H2,22,23,24). The van der Waals surface area contributed by atoms with Crippen molar-refractivity contribution < 1.29 is 4.79 Å². The Morgan fingerprint density at radius 1 is 1.11 bits per heavy atom. The minimum Gasteiger partial charge on any atom is -0.358 e. The quantitative estimate of drug-likeness (QED) is 0.404. The number of nitrogens with zero attached hydrogens (tertiary/aromatic N) is 2. The van der Waals surface area contributed by atoms with Gasteiger partial charge in [0, 0.05) is 49.7 Å². The highest BCUT2D eigenvalue weighted by Crippen LogP contribution is 2.14. The van der Waals surface area contributed by atoms with Crippen LogP contribution in [0.5, 0.6) is 0 Å². The maximum atomic E-state index is 11.9. The summed E-state index contributed by atoms with van der Waals surface area (Å²) in [6.45, 7) is 1.64. The first-order valence-corrected chi connectivity index (χ1v) is 10.3. The number of H-pyrrole nitrogens is 1. The van der Waals surface area contributed by atoms with Gasteiger partial charge in [-0.05, 0) is 35.4 Å². The molecule has 0 saturated carbocycles. The van der Waals surface area contributed by atoms with Crippen molar-refractivity contribution >= 4 is 34.1 Å². The van der Waals surface area contributed by atoms with Gasteiger partial charge in [0.2, 0.25) is 5.91 Å². The van der Waals surface area contributed by atoms with Crippen LogP contribution in [0.3, 0.4) is 0 Å². The van der Waals surface area contributed by atoms with Crippen LogP contribution < -0.4 is 10.6 Å². The van der Waals surface area contributed by atoms with Crippen LogP contribution in [-0.4, -0.2) is 55.5 Å². The lowest BCUT2D eigenvalue weighted by molar-refractivity contribution is -0.127. The minimum absolute atomic E-state index is 0.0185. The monoisotopic (exact) mass is 397 g/mol. The lowest BCUT2D eigenvalue weighted by atomic mass is 10.2. The van der Waals surface area contributed by atoms with E-state index in [1.165, 1.54) is 16.0 Å². The van der Waals surface area contributed by atoms with Gasteiger partial charge in [0.1, 0.15) is 6.54 Å². The zero-order chi connectivity index (χ0) is 19.8. The van der Waals surface area contributed by atoms with Crippen molar-refractivity contribution in [3.8, 4) is 0 Å². The Morgan fingerprint density at radius 2 is 1.89 bits per heavy atom. The fourth-order valence-electron chi connectivity index (χ4n) is 2.81. The van der Waals surface area contributed by atoms with Crippen molar-refractivity contribution in [2.75, 3.05) is 33.7 Å². The van der Waals surface area contributed by atoms with Crippen molar-refractivity contribution in [1.82, 2.24) is 20.5 Å². The molecule has 28 heavy (non-hydrogen) atoms. The van der Waals surface area contributed by atoms with Gasteiger partial charge < -0.3 is 20.5 Å². The molecular formula is C21H27N5OS. The molecule has 3 N–H and O–H groups in total. The van der Waals surface area contributed by atoms with Gasteiger partial charge in [0.05, 0.1) is 0 Å². The van der Waals surface area contributed by atoms with E-state index in [0.29, 0.717) is 5.96 Å². The summed E-state index contributed by atoms with van der Waals surface area (Å²) >= 11 is 1.75. The maximum Gasteiger partial charge on any atom is 0.243 e. The second-order valence-corrected chi connectivity index (χ2v) is 7.80. The molecule has 3 rings (SSSR count). The number of para-hydroxylation sites is 1. The maximum absolute atomic E-state index is 11.9. The Morgan fingerprint density at radius 3 is 2.61 bits per heavy atom. The number of hydrogen-bond donors (Lipinski definition) is 3. The van der Waals surface area contributed by atoms with E-state index in [1.807, 2.05) is 12.1 Å². The van der Waals surface area contributed by atoms with Gasteiger partial charge >= 0.3 is 0 Å². The van der Waals surface area contributed by atoms with Crippen LogP contribution in [0.25, 0.3) is 10.9 Å². The Kier molecular flexibility index (Phi) is 7.08. The smallest absolute Gasteiger partial charge is 0.243 e. The minimum atomic E-state index is -0.0185. The van der Waals surface area contributed by atoms with Gasteiger partial charge in [-0.3, -0.25) is 4.79 Å². The number of aromatic nitrogens is 1. The number of carbonyl (C=O) groups excluding carboxylic acids is 1. The van der Waals surface area contributed by atoms with Crippen molar-refractivity contribution in [2.45, 2.75) is 12.8 Å². The molecule has 7 heteroatoms. The number of hydrogen-bond acceptors (Lipinski definition) is 3. The number of fused-ring (bicyclic) bond motifs is 1. The summed E-state index contributed by atoms with van der Waals surface area (Å²) in [4.78, 5) is 22.6. The normalized spacial score (nSPS) is 11.6. The summed E-state index contributed by atoms with van der Waals surface area (Å²) in [5.74, 6) is 0.651. The molecule has 0 aliphatic heterocycles. The Hall–Kier alpha value is -2.80. The lowest BCUT2D eigenvalue weighted by Crippen LogP contribution is -2.40. The van der Waals surface area contributed by atoms with E-state index in [-0.39, 0.29) is 12.5 Å². The largest absolute Gasteiger partial charge is 0.358 e. The molecule has 0 fully saturated rings. The lowest BCUT2D eigenvalue weighted by Gasteiger charge is -2.13. The third-order valence-electron chi connectivity index (χ3n) is 4.39. The van der Waals surface area contributed by atoms with Crippen LogP contribution >= 0.6 is 11.3 Å². The van der Waals surface area contributed by atoms with Crippen LogP contribution in [0.4, 0.5) is 0 Å². The van der Waals surface area contributed by atoms with E-state index in [1.54, 1.807) is 30.3 Å². The van der Waals surface area contributed by atoms with Gasteiger partial charge in [-0.25, -0.2) is 4.99 Å². The van der Waals surface area contributed by atoms with Gasteiger partial charge in [-0.15, -0.1) is 11.3 Å². The zero-order valence-corrected chi connectivity index (χ0v) is 17.2. The second-order valence-electron chi connectivity index (χ2n) is 6.77. The molecule has 2 heterocycles. The number of aliphatic imine (C=N–C) groups is 1. The number of carbonyl (C=O) groups is 1. The fourth-order valence-corrected chi connectivity index (χ4v) is 3.51. The summed E-state index contributed by atoms with van der Waals surface area (Å²) in [6, 6.07) is 14.6. The third-order valence-corrected chi connectivity index (χ3v) is 5.32. The first-order chi connectivity index (χ1) is 13.6. The van der Waals surface area contributed by atoms with Crippen LogP contribution in [0, 0.1) is 0 Å². The number of thiophene rings is 1.